The molecule has 0 fully saturated rings. The molecule has 2 unspecified atom stereocenters. The normalized spacial score (nSPS) is 20.4. The van der Waals surface area contributed by atoms with Crippen LogP contribution >= 0.6 is 7.60 Å². The number of nitrogens with one attached hydrogen (secondary N) is 1. The van der Waals surface area contributed by atoms with Gasteiger partial charge in [0.25, 0.3) is 0 Å². The average molecular weight is 388 g/mol. The fraction of sp³-hybridized carbons (Fsp3) is 0.211. The lowest BCUT2D eigenvalue weighted by Crippen LogP contribution is -2.32. The molecule has 2 atom stereocenters. The van der Waals surface area contributed by atoms with E-state index in [0.29, 0.717) is 11.3 Å². The van der Waals surface area contributed by atoms with E-state index >= 15 is 0 Å². The Labute approximate surface area is 157 Å². The molecular formula is C19H21N2O5P. The van der Waals surface area contributed by atoms with Gasteiger partial charge < -0.3 is 25.6 Å². The summed E-state index contributed by atoms with van der Waals surface area (Å²) in [5.41, 5.74) is 6.59. The molecule has 0 saturated carbocycles. The highest BCUT2D eigenvalue weighted by Crippen LogP contribution is 2.44. The molecule has 3 rings (SSSR count). The lowest BCUT2D eigenvalue weighted by molar-refractivity contribution is -0.140. The number of hydrogen-bond acceptors (Lipinski definition) is 6. The van der Waals surface area contributed by atoms with Gasteiger partial charge in [0, 0.05) is 18.4 Å². The van der Waals surface area contributed by atoms with Crippen LogP contribution in [0.2, 0.25) is 0 Å². The number of rotatable bonds is 5. The molecule has 5 N–H and O–H groups in total. The number of carbonyl (C=O) groups is 1. The second-order valence-electron chi connectivity index (χ2n) is 6.44. The first-order valence-corrected chi connectivity index (χ1v) is 9.94. The van der Waals surface area contributed by atoms with Crippen LogP contribution in [0, 0.1) is 0 Å². The Kier molecular flexibility index (Phi) is 5.11. The standard InChI is InChI=1S/C19H21N2O5P/c1-21-15-7-4-13-3-2-10-19(23,17(13)11-15)12-18(22)26-27(24,25)16-8-5-14(20)6-9-16/h2-9,11,21,23H,10,12,20H2,1H3,(H,24,25). The highest BCUT2D eigenvalue weighted by atomic mass is 31.2. The van der Waals surface area contributed by atoms with E-state index in [4.69, 9.17) is 10.3 Å². The number of benzene rings is 2. The fourth-order valence-electron chi connectivity index (χ4n) is 3.04. The Morgan fingerprint density at radius 2 is 2.00 bits per heavy atom. The first-order valence-electron chi connectivity index (χ1n) is 8.36. The summed E-state index contributed by atoms with van der Waals surface area (Å²) in [6, 6.07) is 11.0. The van der Waals surface area contributed by atoms with Gasteiger partial charge in [-0.25, -0.2) is 4.57 Å². The van der Waals surface area contributed by atoms with E-state index in [1.807, 2.05) is 18.2 Å². The van der Waals surface area contributed by atoms with Gasteiger partial charge in [-0.1, -0.05) is 18.2 Å². The zero-order chi connectivity index (χ0) is 19.7. The van der Waals surface area contributed by atoms with Crippen LogP contribution in [-0.4, -0.2) is 23.0 Å². The zero-order valence-electron chi connectivity index (χ0n) is 14.8. The molecule has 27 heavy (non-hydrogen) atoms. The third kappa shape index (κ3) is 4.06. The predicted molar refractivity (Wildman–Crippen MR) is 105 cm³/mol. The molecule has 7 nitrogen and oxygen atoms in total. The summed E-state index contributed by atoms with van der Waals surface area (Å²) < 4.78 is 17.2. The topological polar surface area (TPSA) is 122 Å². The summed E-state index contributed by atoms with van der Waals surface area (Å²) in [6.07, 6.45) is 3.37. The summed E-state index contributed by atoms with van der Waals surface area (Å²) in [5.74, 6) is -0.962. The van der Waals surface area contributed by atoms with Crippen molar-refractivity contribution in [2.24, 2.45) is 0 Å². The number of nitrogens with two attached hydrogens (primary N) is 1. The van der Waals surface area contributed by atoms with Gasteiger partial charge in [-0.15, -0.1) is 0 Å². The van der Waals surface area contributed by atoms with Gasteiger partial charge in [-0.3, -0.25) is 4.79 Å². The predicted octanol–water partition coefficient (Wildman–Crippen LogP) is 2.36. The monoisotopic (exact) mass is 388 g/mol. The van der Waals surface area contributed by atoms with E-state index in [2.05, 4.69) is 5.32 Å². The van der Waals surface area contributed by atoms with E-state index < -0.39 is 25.6 Å². The summed E-state index contributed by atoms with van der Waals surface area (Å²) in [6.45, 7) is 0. The molecule has 142 valence electrons. The Bertz CT molecular complexity index is 942. The molecule has 1 aliphatic carbocycles. The minimum Gasteiger partial charge on any atom is -0.399 e. The Hall–Kier alpha value is -2.60. The first kappa shape index (κ1) is 19.2. The molecule has 8 heteroatoms. The molecule has 0 radical (unpaired) electrons. The lowest BCUT2D eigenvalue weighted by atomic mass is 9.80. The molecular weight excluding hydrogens is 367 g/mol. The summed E-state index contributed by atoms with van der Waals surface area (Å²) in [5, 5.41) is 14.0. The smallest absolute Gasteiger partial charge is 0.399 e. The number of carbonyl (C=O) groups excluding carboxylic acids is 1. The largest absolute Gasteiger partial charge is 0.410 e. The van der Waals surface area contributed by atoms with Crippen molar-refractivity contribution in [1.82, 2.24) is 0 Å². The second kappa shape index (κ2) is 7.19. The molecule has 0 amide bonds. The van der Waals surface area contributed by atoms with Crippen molar-refractivity contribution in [3.8, 4) is 0 Å². The van der Waals surface area contributed by atoms with Gasteiger partial charge in [-0.2, -0.15) is 0 Å². The van der Waals surface area contributed by atoms with Crippen molar-refractivity contribution in [2.45, 2.75) is 18.4 Å². The third-order valence-corrected chi connectivity index (χ3v) is 5.88. The minimum absolute atomic E-state index is 0.0431. The van der Waals surface area contributed by atoms with E-state index in [1.165, 1.54) is 24.3 Å². The third-order valence-electron chi connectivity index (χ3n) is 4.48. The lowest BCUT2D eigenvalue weighted by Gasteiger charge is -2.31. The van der Waals surface area contributed by atoms with Crippen molar-refractivity contribution in [2.75, 3.05) is 18.1 Å². The van der Waals surface area contributed by atoms with Crippen molar-refractivity contribution >= 4 is 36.3 Å². The van der Waals surface area contributed by atoms with Gasteiger partial charge in [0.1, 0.15) is 5.60 Å². The highest BCUT2D eigenvalue weighted by molar-refractivity contribution is 7.61. The summed E-state index contributed by atoms with van der Waals surface area (Å²) in [4.78, 5) is 22.5. The van der Waals surface area contributed by atoms with Crippen molar-refractivity contribution < 1.29 is 23.9 Å². The van der Waals surface area contributed by atoms with E-state index in [-0.39, 0.29) is 11.7 Å². The van der Waals surface area contributed by atoms with Crippen LogP contribution in [0.15, 0.2) is 48.5 Å². The van der Waals surface area contributed by atoms with Crippen LogP contribution in [0.1, 0.15) is 24.0 Å². The fourth-order valence-corrected chi connectivity index (χ4v) is 4.01. The van der Waals surface area contributed by atoms with E-state index in [1.54, 1.807) is 19.2 Å². The summed E-state index contributed by atoms with van der Waals surface area (Å²) in [7, 11) is -2.61. The van der Waals surface area contributed by atoms with Gasteiger partial charge >= 0.3 is 13.6 Å². The number of aliphatic hydroxyl groups is 1. The van der Waals surface area contributed by atoms with Crippen LogP contribution in [0.4, 0.5) is 11.4 Å². The van der Waals surface area contributed by atoms with Crippen LogP contribution in [0.3, 0.4) is 0 Å². The molecule has 2 aromatic carbocycles. The average Bonchev–Trinajstić information content (AvgIpc) is 2.61. The first-order chi connectivity index (χ1) is 12.7. The van der Waals surface area contributed by atoms with Crippen LogP contribution in [0.5, 0.6) is 0 Å². The molecule has 0 saturated heterocycles. The molecule has 0 bridgehead atoms. The number of nitrogen functional groups attached to an aromatic ring is 1. The van der Waals surface area contributed by atoms with Crippen LogP contribution in [-0.2, 0) is 19.5 Å². The van der Waals surface area contributed by atoms with Crippen molar-refractivity contribution in [3.05, 3.63) is 59.7 Å². The molecule has 0 aromatic heterocycles. The van der Waals surface area contributed by atoms with Gasteiger partial charge in [0.15, 0.2) is 0 Å². The second-order valence-corrected chi connectivity index (χ2v) is 8.18. The number of fused-ring (bicyclic) bond motifs is 1. The Balaban J connectivity index is 1.81. The Morgan fingerprint density at radius 1 is 1.30 bits per heavy atom. The van der Waals surface area contributed by atoms with Crippen LogP contribution in [0.25, 0.3) is 6.08 Å². The molecule has 1 aliphatic rings. The summed E-state index contributed by atoms with van der Waals surface area (Å²) >= 11 is 0. The minimum atomic E-state index is -4.36. The van der Waals surface area contributed by atoms with Gasteiger partial charge in [-0.05, 0) is 53.9 Å². The quantitative estimate of drug-likeness (QED) is 0.458. The van der Waals surface area contributed by atoms with E-state index in [9.17, 15) is 19.4 Å². The number of hydrogen-bond donors (Lipinski definition) is 4. The SMILES string of the molecule is CNc1ccc2c(c1)C(O)(CC(=O)OP(=O)(O)c1ccc(N)cc1)CC=C2. The number of anilines is 2. The maximum absolute atomic E-state index is 12.4. The zero-order valence-corrected chi connectivity index (χ0v) is 15.6. The molecule has 0 aliphatic heterocycles. The van der Waals surface area contributed by atoms with Crippen molar-refractivity contribution in [3.63, 3.8) is 0 Å². The van der Waals surface area contributed by atoms with Crippen molar-refractivity contribution in [1.29, 1.82) is 0 Å². The van der Waals surface area contributed by atoms with Gasteiger partial charge in [0.05, 0.1) is 11.7 Å². The molecule has 0 heterocycles. The highest BCUT2D eigenvalue weighted by Gasteiger charge is 2.38. The molecule has 2 aromatic rings. The maximum atomic E-state index is 12.4. The van der Waals surface area contributed by atoms with Gasteiger partial charge in [0.2, 0.25) is 0 Å². The van der Waals surface area contributed by atoms with Crippen LogP contribution < -0.4 is 16.4 Å². The maximum Gasteiger partial charge on any atom is 0.410 e. The Morgan fingerprint density at radius 3 is 2.67 bits per heavy atom. The van der Waals surface area contributed by atoms with E-state index in [0.717, 1.165) is 11.3 Å². The molecule has 0 spiro atoms.